The molecule has 1 unspecified atom stereocenters. The Bertz CT molecular complexity index is 576. The lowest BCUT2D eigenvalue weighted by molar-refractivity contribution is 0.140. The molecule has 1 aromatic heterocycles. The summed E-state index contributed by atoms with van der Waals surface area (Å²) >= 11 is 6.05. The molecule has 0 bridgehead atoms. The van der Waals surface area contributed by atoms with Gasteiger partial charge in [0, 0.05) is 41.3 Å². The number of nitrogens with one attached hydrogen (secondary N) is 2. The van der Waals surface area contributed by atoms with Crippen LogP contribution in [0.1, 0.15) is 24.8 Å². The van der Waals surface area contributed by atoms with Gasteiger partial charge in [-0.05, 0) is 44.1 Å². The summed E-state index contributed by atoms with van der Waals surface area (Å²) in [5.74, 6) is 0. The number of hydrogen-bond donors (Lipinski definition) is 2. The minimum absolute atomic E-state index is 0.658. The fourth-order valence-electron chi connectivity index (χ4n) is 3.24. The molecule has 2 N–H and O–H groups in total. The van der Waals surface area contributed by atoms with Crippen molar-refractivity contribution in [3.05, 3.63) is 35.0 Å². The van der Waals surface area contributed by atoms with Crippen LogP contribution in [0.2, 0.25) is 5.02 Å². The minimum Gasteiger partial charge on any atom is -0.361 e. The Morgan fingerprint density at radius 1 is 1.40 bits per heavy atom. The lowest BCUT2D eigenvalue weighted by atomic mass is 10.0. The van der Waals surface area contributed by atoms with Crippen LogP contribution in [-0.2, 0) is 6.54 Å². The van der Waals surface area contributed by atoms with Crippen LogP contribution in [-0.4, -0.2) is 36.1 Å². The molecule has 1 saturated heterocycles. The molecule has 4 heteroatoms. The third-order valence-electron chi connectivity index (χ3n) is 4.29. The molecule has 0 amide bonds. The van der Waals surface area contributed by atoms with E-state index < -0.39 is 0 Å². The Morgan fingerprint density at radius 3 is 3.15 bits per heavy atom. The Labute approximate surface area is 125 Å². The number of likely N-dealkylation sites (N-methyl/N-ethyl adjacent to an activating group) is 1. The molecule has 0 saturated carbocycles. The van der Waals surface area contributed by atoms with Crippen molar-refractivity contribution >= 4 is 22.5 Å². The van der Waals surface area contributed by atoms with E-state index in [9.17, 15) is 0 Å². The molecular weight excluding hydrogens is 270 g/mol. The number of hydrogen-bond acceptors (Lipinski definition) is 2. The molecule has 3 rings (SSSR count). The summed E-state index contributed by atoms with van der Waals surface area (Å²) in [6, 6.07) is 6.76. The highest BCUT2D eigenvalue weighted by atomic mass is 35.5. The number of aromatic nitrogens is 1. The summed E-state index contributed by atoms with van der Waals surface area (Å²) in [6.07, 6.45) is 6.10. The Morgan fingerprint density at radius 2 is 2.30 bits per heavy atom. The largest absolute Gasteiger partial charge is 0.361 e. The molecule has 1 aromatic carbocycles. The van der Waals surface area contributed by atoms with Crippen molar-refractivity contribution in [3.63, 3.8) is 0 Å². The number of aromatic amines is 1. The van der Waals surface area contributed by atoms with E-state index in [0.29, 0.717) is 6.04 Å². The Balaban J connectivity index is 1.80. The molecular formula is C16H22ClN3. The minimum atomic E-state index is 0.658. The molecule has 108 valence electrons. The molecule has 2 heterocycles. The molecule has 1 aliphatic heterocycles. The zero-order chi connectivity index (χ0) is 13.9. The predicted octanol–water partition coefficient (Wildman–Crippen LogP) is 3.40. The maximum Gasteiger partial charge on any atom is 0.0472 e. The topological polar surface area (TPSA) is 31.1 Å². The Hall–Kier alpha value is -1.03. The van der Waals surface area contributed by atoms with Crippen molar-refractivity contribution in [3.8, 4) is 0 Å². The van der Waals surface area contributed by atoms with Gasteiger partial charge in [-0.25, -0.2) is 0 Å². The number of likely N-dealkylation sites (tertiary alicyclic amines) is 1. The molecule has 2 aromatic rings. The third kappa shape index (κ3) is 2.85. The van der Waals surface area contributed by atoms with Crippen LogP contribution in [0, 0.1) is 0 Å². The highest BCUT2D eigenvalue weighted by Crippen LogP contribution is 2.25. The fourth-order valence-corrected chi connectivity index (χ4v) is 3.42. The highest BCUT2D eigenvalue weighted by Gasteiger charge is 2.22. The van der Waals surface area contributed by atoms with Gasteiger partial charge in [-0.2, -0.15) is 0 Å². The first-order chi connectivity index (χ1) is 9.78. The number of H-pyrrole nitrogens is 1. The number of benzene rings is 1. The molecule has 1 aliphatic rings. The first-order valence-corrected chi connectivity index (χ1v) is 7.80. The average molecular weight is 292 g/mol. The van der Waals surface area contributed by atoms with Crippen molar-refractivity contribution in [1.29, 1.82) is 0 Å². The second-order valence-corrected chi connectivity index (χ2v) is 6.12. The monoisotopic (exact) mass is 291 g/mol. The van der Waals surface area contributed by atoms with Crippen LogP contribution >= 0.6 is 11.6 Å². The van der Waals surface area contributed by atoms with Crippen LogP contribution in [0.5, 0.6) is 0 Å². The summed E-state index contributed by atoms with van der Waals surface area (Å²) in [5.41, 5.74) is 2.51. The van der Waals surface area contributed by atoms with Gasteiger partial charge in [0.25, 0.3) is 0 Å². The smallest absolute Gasteiger partial charge is 0.0472 e. The third-order valence-corrected chi connectivity index (χ3v) is 4.53. The van der Waals surface area contributed by atoms with Crippen molar-refractivity contribution in [2.45, 2.75) is 31.8 Å². The maximum absolute atomic E-state index is 6.05. The zero-order valence-electron chi connectivity index (χ0n) is 12.0. The number of piperidine rings is 1. The molecule has 0 radical (unpaired) electrons. The maximum atomic E-state index is 6.05. The van der Waals surface area contributed by atoms with Gasteiger partial charge in [-0.3, -0.25) is 4.90 Å². The van der Waals surface area contributed by atoms with Crippen LogP contribution in [0.15, 0.2) is 24.4 Å². The first kappa shape index (κ1) is 13.9. The van der Waals surface area contributed by atoms with Gasteiger partial charge >= 0.3 is 0 Å². The first-order valence-electron chi connectivity index (χ1n) is 7.42. The Kier molecular flexibility index (Phi) is 4.29. The van der Waals surface area contributed by atoms with E-state index in [0.717, 1.165) is 23.6 Å². The van der Waals surface area contributed by atoms with E-state index in [1.54, 1.807) is 0 Å². The quantitative estimate of drug-likeness (QED) is 0.905. The second-order valence-electron chi connectivity index (χ2n) is 5.68. The number of rotatable bonds is 4. The van der Waals surface area contributed by atoms with Crippen LogP contribution < -0.4 is 5.32 Å². The van der Waals surface area contributed by atoms with Crippen molar-refractivity contribution < 1.29 is 0 Å². The van der Waals surface area contributed by atoms with Crippen molar-refractivity contribution in [1.82, 2.24) is 15.2 Å². The van der Waals surface area contributed by atoms with Gasteiger partial charge < -0.3 is 10.3 Å². The van der Waals surface area contributed by atoms with E-state index in [4.69, 9.17) is 11.6 Å². The van der Waals surface area contributed by atoms with Crippen LogP contribution in [0.3, 0.4) is 0 Å². The van der Waals surface area contributed by atoms with E-state index in [1.165, 1.54) is 36.8 Å². The van der Waals surface area contributed by atoms with E-state index in [2.05, 4.69) is 27.5 Å². The van der Waals surface area contributed by atoms with E-state index >= 15 is 0 Å². The number of nitrogens with zero attached hydrogens (tertiary/aromatic N) is 1. The van der Waals surface area contributed by atoms with Gasteiger partial charge in [-0.1, -0.05) is 24.1 Å². The number of fused-ring (bicyclic) bond motifs is 1. The summed E-state index contributed by atoms with van der Waals surface area (Å²) in [5, 5.41) is 5.41. The van der Waals surface area contributed by atoms with E-state index in [1.807, 2.05) is 19.2 Å². The molecule has 1 fully saturated rings. The van der Waals surface area contributed by atoms with Crippen LogP contribution in [0.25, 0.3) is 10.9 Å². The summed E-state index contributed by atoms with van der Waals surface area (Å²) in [6.45, 7) is 3.30. The number of halogens is 1. The predicted molar refractivity (Wildman–Crippen MR) is 85.3 cm³/mol. The van der Waals surface area contributed by atoms with Crippen molar-refractivity contribution in [2.24, 2.45) is 0 Å². The molecule has 20 heavy (non-hydrogen) atoms. The van der Waals surface area contributed by atoms with Gasteiger partial charge in [0.05, 0.1) is 0 Å². The zero-order valence-corrected chi connectivity index (χ0v) is 12.7. The van der Waals surface area contributed by atoms with Gasteiger partial charge in [0.15, 0.2) is 0 Å². The van der Waals surface area contributed by atoms with Gasteiger partial charge in [0.2, 0.25) is 0 Å². The summed E-state index contributed by atoms with van der Waals surface area (Å²) in [4.78, 5) is 5.95. The van der Waals surface area contributed by atoms with Crippen molar-refractivity contribution in [2.75, 3.05) is 20.1 Å². The standard InChI is InChI=1S/C16H22ClN3/c1-18-10-14-4-2-3-7-20(14)11-12-9-19-16-8-13(17)5-6-15(12)16/h5-6,8-9,14,18-19H,2-4,7,10-11H2,1H3. The summed E-state index contributed by atoms with van der Waals surface area (Å²) in [7, 11) is 2.04. The molecule has 0 spiro atoms. The normalized spacial score (nSPS) is 20.6. The lowest BCUT2D eigenvalue weighted by Crippen LogP contribution is -2.44. The average Bonchev–Trinajstić information content (AvgIpc) is 2.83. The van der Waals surface area contributed by atoms with E-state index in [-0.39, 0.29) is 0 Å². The molecule has 1 atom stereocenters. The SMILES string of the molecule is CNCC1CCCCN1Cc1c[nH]c2cc(Cl)ccc12. The fraction of sp³-hybridized carbons (Fsp3) is 0.500. The van der Waals surface area contributed by atoms with Crippen LogP contribution in [0.4, 0.5) is 0 Å². The molecule has 3 nitrogen and oxygen atoms in total. The lowest BCUT2D eigenvalue weighted by Gasteiger charge is -2.35. The van der Waals surface area contributed by atoms with Gasteiger partial charge in [-0.15, -0.1) is 0 Å². The second kappa shape index (κ2) is 6.17. The highest BCUT2D eigenvalue weighted by molar-refractivity contribution is 6.31. The van der Waals surface area contributed by atoms with Gasteiger partial charge in [0.1, 0.15) is 0 Å². The molecule has 0 aliphatic carbocycles. The summed E-state index contributed by atoms with van der Waals surface area (Å²) < 4.78 is 0.